The summed E-state index contributed by atoms with van der Waals surface area (Å²) in [6, 6.07) is 11.1. The number of hydrogen-bond acceptors (Lipinski definition) is 5. The van der Waals surface area contributed by atoms with Crippen LogP contribution in [0.15, 0.2) is 47.4 Å². The Kier molecular flexibility index (Phi) is 5.47. The maximum Gasteiger partial charge on any atom is 0.335 e. The highest BCUT2D eigenvalue weighted by Gasteiger charge is 2.32. The molecule has 2 aromatic carbocycles. The number of carboxylic acids is 1. The lowest BCUT2D eigenvalue weighted by molar-refractivity contribution is 0.0696. The number of aromatic carboxylic acids is 1. The number of hydrogen-bond donors (Lipinski definition) is 2. The topological polar surface area (TPSA) is 107 Å². The molecule has 0 aliphatic heterocycles. The van der Waals surface area contributed by atoms with Gasteiger partial charge in [-0.05, 0) is 60.7 Å². The van der Waals surface area contributed by atoms with Gasteiger partial charge in [-0.1, -0.05) is 17.7 Å². The Morgan fingerprint density at radius 2 is 1.97 bits per heavy atom. The second-order valence-corrected chi connectivity index (χ2v) is 10.4. The largest absolute Gasteiger partial charge is 0.478 e. The molecule has 10 heteroatoms. The van der Waals surface area contributed by atoms with Crippen LogP contribution >= 0.6 is 22.9 Å². The third-order valence-electron chi connectivity index (χ3n) is 4.88. The van der Waals surface area contributed by atoms with Crippen molar-refractivity contribution in [2.45, 2.75) is 23.7 Å². The van der Waals surface area contributed by atoms with Gasteiger partial charge in [0.2, 0.25) is 0 Å². The summed E-state index contributed by atoms with van der Waals surface area (Å²) in [7, 11) is -4.24. The highest BCUT2D eigenvalue weighted by Crippen LogP contribution is 2.44. The van der Waals surface area contributed by atoms with Crippen molar-refractivity contribution >= 4 is 44.6 Å². The Morgan fingerprint density at radius 3 is 2.55 bits per heavy atom. The molecule has 0 unspecified atom stereocenters. The molecule has 4 rings (SSSR count). The fourth-order valence-corrected chi connectivity index (χ4v) is 5.71. The second kappa shape index (κ2) is 7.96. The van der Waals surface area contributed by atoms with E-state index in [1.54, 1.807) is 18.2 Å². The smallest absolute Gasteiger partial charge is 0.335 e. The van der Waals surface area contributed by atoms with Crippen molar-refractivity contribution in [2.75, 3.05) is 4.72 Å². The van der Waals surface area contributed by atoms with Crippen molar-refractivity contribution in [3.63, 3.8) is 0 Å². The SMILES string of the molecule is N#Cc1cc(NS(=O)(=O)c2cc(C(=O)O)ccc2C2CC2)c(-c2ccc(Cl)s2)cc1F. The molecule has 1 saturated carbocycles. The molecule has 1 aromatic heterocycles. The zero-order valence-corrected chi connectivity index (χ0v) is 18.1. The first-order valence-corrected chi connectivity index (χ1v) is 11.8. The van der Waals surface area contributed by atoms with Crippen molar-refractivity contribution in [3.8, 4) is 16.5 Å². The van der Waals surface area contributed by atoms with Crippen molar-refractivity contribution in [3.05, 3.63) is 69.3 Å². The van der Waals surface area contributed by atoms with Crippen LogP contribution in [0.25, 0.3) is 10.4 Å². The van der Waals surface area contributed by atoms with E-state index in [0.29, 0.717) is 14.8 Å². The molecule has 0 amide bonds. The van der Waals surface area contributed by atoms with E-state index in [4.69, 9.17) is 11.6 Å². The summed E-state index contributed by atoms with van der Waals surface area (Å²) in [6.45, 7) is 0. The van der Waals surface area contributed by atoms with Crippen molar-refractivity contribution in [1.29, 1.82) is 5.26 Å². The molecule has 0 atom stereocenters. The molecule has 158 valence electrons. The van der Waals surface area contributed by atoms with Crippen LogP contribution in [0.5, 0.6) is 0 Å². The first-order valence-electron chi connectivity index (χ1n) is 9.09. The summed E-state index contributed by atoms with van der Waals surface area (Å²) >= 11 is 7.10. The van der Waals surface area contributed by atoms with Gasteiger partial charge in [0, 0.05) is 10.4 Å². The fraction of sp³-hybridized carbons (Fsp3) is 0.143. The number of halogens is 2. The first kappa shape index (κ1) is 21.3. The lowest BCUT2D eigenvalue weighted by Gasteiger charge is -2.16. The highest BCUT2D eigenvalue weighted by atomic mass is 35.5. The minimum atomic E-state index is -4.24. The van der Waals surface area contributed by atoms with Gasteiger partial charge in [-0.2, -0.15) is 5.26 Å². The Bertz CT molecular complexity index is 1360. The van der Waals surface area contributed by atoms with E-state index < -0.39 is 21.8 Å². The van der Waals surface area contributed by atoms with Crippen LogP contribution in [0.4, 0.5) is 10.1 Å². The average Bonchev–Trinajstić information content (AvgIpc) is 3.49. The van der Waals surface area contributed by atoms with E-state index >= 15 is 0 Å². The number of anilines is 1. The number of carbonyl (C=O) groups is 1. The Balaban J connectivity index is 1.85. The molecule has 0 saturated heterocycles. The number of benzene rings is 2. The molecule has 1 heterocycles. The molecule has 1 aliphatic carbocycles. The number of nitrogens with one attached hydrogen (secondary N) is 1. The maximum absolute atomic E-state index is 14.3. The minimum Gasteiger partial charge on any atom is -0.478 e. The van der Waals surface area contributed by atoms with Crippen LogP contribution in [0.3, 0.4) is 0 Å². The summed E-state index contributed by atoms with van der Waals surface area (Å²) in [4.78, 5) is 11.8. The van der Waals surface area contributed by atoms with E-state index in [2.05, 4.69) is 4.72 Å². The molecule has 2 N–H and O–H groups in total. The molecule has 6 nitrogen and oxygen atoms in total. The van der Waals surface area contributed by atoms with E-state index in [1.165, 1.54) is 12.1 Å². The Morgan fingerprint density at radius 1 is 1.23 bits per heavy atom. The number of nitriles is 1. The van der Waals surface area contributed by atoms with E-state index in [0.717, 1.165) is 42.4 Å². The van der Waals surface area contributed by atoms with Gasteiger partial charge in [-0.15, -0.1) is 11.3 Å². The summed E-state index contributed by atoms with van der Waals surface area (Å²) in [6.07, 6.45) is 1.62. The van der Waals surface area contributed by atoms with Crippen LogP contribution in [-0.4, -0.2) is 19.5 Å². The van der Waals surface area contributed by atoms with E-state index in [-0.39, 0.29) is 33.2 Å². The predicted octanol–water partition coefficient (Wildman–Crippen LogP) is 5.46. The molecule has 1 fully saturated rings. The molecule has 0 spiro atoms. The standard InChI is InChI=1S/C21H14ClFN2O4S2/c22-20-6-5-18(30-20)15-9-16(23)13(10-24)7-17(15)25-31(28,29)19-8-12(21(26)27)3-4-14(19)11-1-2-11/h3-9,11,25H,1-2H2,(H,26,27). The van der Waals surface area contributed by atoms with Crippen LogP contribution < -0.4 is 4.72 Å². The summed E-state index contributed by atoms with van der Waals surface area (Å²) < 4.78 is 43.8. The lowest BCUT2D eigenvalue weighted by atomic mass is 10.1. The molecule has 0 radical (unpaired) electrons. The number of thiophene rings is 1. The number of rotatable bonds is 6. The average molecular weight is 477 g/mol. The molecular weight excluding hydrogens is 463 g/mol. The van der Waals surface area contributed by atoms with Gasteiger partial charge in [0.1, 0.15) is 11.9 Å². The maximum atomic E-state index is 14.3. The molecular formula is C21H14ClFN2O4S2. The first-order chi connectivity index (χ1) is 14.7. The number of nitrogens with zero attached hydrogens (tertiary/aromatic N) is 1. The number of carboxylic acid groups (broad SMARTS) is 1. The summed E-state index contributed by atoms with van der Waals surface area (Å²) in [5.41, 5.74) is 0.261. The van der Waals surface area contributed by atoms with Crippen LogP contribution in [0.1, 0.15) is 40.2 Å². The normalized spacial score (nSPS) is 13.6. The van der Waals surface area contributed by atoms with Gasteiger partial charge < -0.3 is 5.11 Å². The summed E-state index contributed by atoms with van der Waals surface area (Å²) in [5.74, 6) is -2.01. The third-order valence-corrected chi connectivity index (χ3v) is 7.56. The molecule has 3 aromatic rings. The minimum absolute atomic E-state index is 0.000980. The van der Waals surface area contributed by atoms with Gasteiger partial charge in [0.05, 0.1) is 26.0 Å². The van der Waals surface area contributed by atoms with Crippen molar-refractivity contribution in [1.82, 2.24) is 0 Å². The van der Waals surface area contributed by atoms with Crippen LogP contribution in [0.2, 0.25) is 4.34 Å². The third kappa shape index (κ3) is 4.28. The molecule has 31 heavy (non-hydrogen) atoms. The Labute approximate surface area is 186 Å². The van der Waals surface area contributed by atoms with Crippen molar-refractivity contribution < 1.29 is 22.7 Å². The van der Waals surface area contributed by atoms with Gasteiger partial charge >= 0.3 is 5.97 Å². The molecule has 0 bridgehead atoms. The van der Waals surface area contributed by atoms with Crippen LogP contribution in [0, 0.1) is 17.1 Å². The van der Waals surface area contributed by atoms with Crippen LogP contribution in [-0.2, 0) is 10.0 Å². The quantitative estimate of drug-likeness (QED) is 0.491. The van der Waals surface area contributed by atoms with Gasteiger partial charge in [-0.3, -0.25) is 4.72 Å². The monoisotopic (exact) mass is 476 g/mol. The predicted molar refractivity (Wildman–Crippen MR) is 116 cm³/mol. The zero-order chi connectivity index (χ0) is 22.3. The number of sulfonamides is 1. The van der Waals surface area contributed by atoms with E-state index in [1.807, 2.05) is 0 Å². The van der Waals surface area contributed by atoms with Gasteiger partial charge in [-0.25, -0.2) is 17.6 Å². The van der Waals surface area contributed by atoms with Crippen molar-refractivity contribution in [2.24, 2.45) is 0 Å². The molecule has 1 aliphatic rings. The van der Waals surface area contributed by atoms with Gasteiger partial charge in [0.15, 0.2) is 0 Å². The second-order valence-electron chi connectivity index (χ2n) is 7.03. The zero-order valence-electron chi connectivity index (χ0n) is 15.7. The summed E-state index contributed by atoms with van der Waals surface area (Å²) in [5, 5.41) is 18.5. The van der Waals surface area contributed by atoms with E-state index in [9.17, 15) is 28.0 Å². The van der Waals surface area contributed by atoms with Gasteiger partial charge in [0.25, 0.3) is 10.0 Å². The highest BCUT2D eigenvalue weighted by molar-refractivity contribution is 7.92. The lowest BCUT2D eigenvalue weighted by Crippen LogP contribution is -2.17. The Hall–Kier alpha value is -2.93. The fourth-order valence-electron chi connectivity index (χ4n) is 3.24.